The van der Waals surface area contributed by atoms with Crippen LogP contribution in [-0.2, 0) is 10.8 Å². The first-order valence-corrected chi connectivity index (χ1v) is 11.7. The van der Waals surface area contributed by atoms with Crippen molar-refractivity contribution in [2.24, 2.45) is 0 Å². The number of carbonyl (C=O) groups is 2. The van der Waals surface area contributed by atoms with E-state index in [1.165, 1.54) is 35.4 Å². The van der Waals surface area contributed by atoms with Gasteiger partial charge in [0.2, 0.25) is 0 Å². The third-order valence-electron chi connectivity index (χ3n) is 7.02. The lowest BCUT2D eigenvalue weighted by Gasteiger charge is -2.29. The number of ketones is 1. The van der Waals surface area contributed by atoms with E-state index in [9.17, 15) is 14.7 Å². The Balaban J connectivity index is 1.98. The molecule has 1 atom stereocenters. The van der Waals surface area contributed by atoms with E-state index in [1.807, 2.05) is 32.0 Å². The molecule has 5 heteroatoms. The molecule has 3 nitrogen and oxygen atoms in total. The Morgan fingerprint density at radius 2 is 1.70 bits per heavy atom. The quantitative estimate of drug-likeness (QED) is 0.290. The van der Waals surface area contributed by atoms with Crippen molar-refractivity contribution >= 4 is 28.1 Å². The molecule has 0 spiro atoms. The Kier molecular flexibility index (Phi) is 6.35. The van der Waals surface area contributed by atoms with Crippen LogP contribution < -0.4 is 0 Å². The van der Waals surface area contributed by atoms with Crippen molar-refractivity contribution in [3.8, 4) is 0 Å². The Labute approximate surface area is 199 Å². The lowest BCUT2D eigenvalue weighted by molar-refractivity contribution is 0.0694. The molecule has 0 amide bonds. The van der Waals surface area contributed by atoms with E-state index in [2.05, 4.69) is 37.9 Å². The highest BCUT2D eigenvalue weighted by molar-refractivity contribution is 6.15. The van der Waals surface area contributed by atoms with E-state index in [4.69, 9.17) is 0 Å². The van der Waals surface area contributed by atoms with E-state index in [1.54, 1.807) is 6.92 Å². The van der Waals surface area contributed by atoms with Gasteiger partial charge in [-0.3, -0.25) is 4.79 Å². The fourth-order valence-corrected chi connectivity index (χ4v) is 5.26. The van der Waals surface area contributed by atoms with E-state index in [-0.39, 0.29) is 33.3 Å². The minimum absolute atomic E-state index is 0.0229. The van der Waals surface area contributed by atoms with Crippen molar-refractivity contribution < 1.29 is 19.1 Å². The van der Waals surface area contributed by atoms with Crippen LogP contribution in [0.1, 0.15) is 104 Å². The van der Waals surface area contributed by atoms with Crippen LogP contribution >= 0.6 is 0 Å². The molecule has 0 saturated heterocycles. The summed E-state index contributed by atoms with van der Waals surface area (Å²) in [6.07, 6.45) is 3.80. The number of carboxylic acid groups (broad SMARTS) is 1. The molecule has 0 saturated carbocycles. The van der Waals surface area contributed by atoms with Gasteiger partial charge in [0.05, 0.1) is 5.56 Å². The Morgan fingerprint density at radius 3 is 2.27 bits per heavy atom. The van der Waals surface area contributed by atoms with E-state index < -0.39 is 22.7 Å². The minimum Gasteiger partial charge on any atom is -0.478 e. The number of aromatic carboxylic acids is 1. The maximum Gasteiger partial charge on any atom is 0.336 e. The van der Waals surface area contributed by atoms with Gasteiger partial charge in [0, 0.05) is 26.9 Å². The average molecular weight is 464 g/mol. The first-order valence-electron chi connectivity index (χ1n) is 11.2. The summed E-state index contributed by atoms with van der Waals surface area (Å²) < 4.78 is 15.4. The zero-order valence-corrected chi connectivity index (χ0v) is 21.5. The first kappa shape index (κ1) is 25.1. The number of benzene rings is 2. The second-order valence-electron chi connectivity index (χ2n) is 11.1. The summed E-state index contributed by atoms with van der Waals surface area (Å²) in [6, 6.07) is 8.64. The van der Waals surface area contributed by atoms with Crippen molar-refractivity contribution in [2.75, 3.05) is 0 Å². The number of hydrogen-bond donors (Lipinski definition) is 1. The number of fused-ring (bicyclic) bond motifs is 1. The molecule has 3 radical (unpaired) electrons. The smallest absolute Gasteiger partial charge is 0.336 e. The van der Waals surface area contributed by atoms with E-state index >= 15 is 4.39 Å². The van der Waals surface area contributed by atoms with Crippen molar-refractivity contribution in [2.45, 2.75) is 76.7 Å². The van der Waals surface area contributed by atoms with Gasteiger partial charge in [-0.05, 0) is 63.6 Å². The Bertz CT molecular complexity index is 1150. The zero-order chi connectivity index (χ0) is 24.9. The van der Waals surface area contributed by atoms with Crippen molar-refractivity contribution in [1.29, 1.82) is 0 Å². The summed E-state index contributed by atoms with van der Waals surface area (Å²) in [5.41, 5.74) is 3.28. The van der Waals surface area contributed by atoms with Crippen LogP contribution in [0.3, 0.4) is 0 Å². The molecule has 0 fully saturated rings. The monoisotopic (exact) mass is 463 g/mol. The third-order valence-corrected chi connectivity index (χ3v) is 7.45. The van der Waals surface area contributed by atoms with Crippen LogP contribution in [0, 0.1) is 5.82 Å². The molecule has 0 bridgehead atoms. The second kappa shape index (κ2) is 8.35. The average Bonchev–Trinajstić information content (AvgIpc) is 2.88. The maximum atomic E-state index is 15.4. The molecule has 0 aliphatic heterocycles. The molecular formula is C28H32FO3Si. The predicted octanol–water partition coefficient (Wildman–Crippen LogP) is 6.85. The molecule has 2 aromatic carbocycles. The van der Waals surface area contributed by atoms with Gasteiger partial charge >= 0.3 is 5.97 Å². The largest absolute Gasteiger partial charge is 0.478 e. The van der Waals surface area contributed by atoms with Gasteiger partial charge < -0.3 is 5.11 Å². The van der Waals surface area contributed by atoms with Gasteiger partial charge in [-0.2, -0.15) is 0 Å². The number of hydrogen-bond acceptors (Lipinski definition) is 2. The molecular weight excluding hydrogens is 431 g/mol. The molecule has 0 aromatic heterocycles. The van der Waals surface area contributed by atoms with Gasteiger partial charge in [-0.1, -0.05) is 66.7 Å². The van der Waals surface area contributed by atoms with Gasteiger partial charge in [-0.15, -0.1) is 0 Å². The minimum atomic E-state index is -1.18. The fraction of sp³-hybridized carbons (Fsp3) is 0.429. The van der Waals surface area contributed by atoms with E-state index in [0.29, 0.717) is 5.56 Å². The first-order chi connectivity index (χ1) is 15.1. The number of rotatable bonds is 6. The van der Waals surface area contributed by atoms with E-state index in [0.717, 1.165) is 6.42 Å². The molecule has 173 valence electrons. The number of carbonyl (C=O) groups excluding carboxylic acids is 1. The topological polar surface area (TPSA) is 54.4 Å². The summed E-state index contributed by atoms with van der Waals surface area (Å²) in [5.74, 6) is -2.42. The van der Waals surface area contributed by atoms with Crippen LogP contribution in [0.2, 0.25) is 5.04 Å². The standard InChI is InChI=1S/C28H32FO3Si/c1-16(28(6,7)33)23-19(25(31)32)11-8-17(24(23)29)10-13-22(30)18-9-12-20-21(14-18)27(4,5)15-26(20,2)3/h8-14,16H,15H2,1-7H3,(H,31,32). The third kappa shape index (κ3) is 4.74. The number of halogens is 1. The molecule has 0 heterocycles. The summed E-state index contributed by atoms with van der Waals surface area (Å²) in [7, 11) is 3.58. The summed E-state index contributed by atoms with van der Waals surface area (Å²) in [5, 5.41) is 9.04. The molecule has 1 unspecified atom stereocenters. The van der Waals surface area contributed by atoms with Crippen LogP contribution in [0.15, 0.2) is 36.4 Å². The van der Waals surface area contributed by atoms with Crippen molar-refractivity contribution in [3.05, 3.63) is 75.6 Å². The fourth-order valence-electron chi connectivity index (χ4n) is 5.11. The second-order valence-corrected chi connectivity index (χ2v) is 12.4. The SMILES string of the molecule is CC(c1c(C(=O)O)ccc(C=CC(=O)c2ccc3c(c2)C(C)(C)CC3(C)C)c1F)C(C)(C)[Si]. The van der Waals surface area contributed by atoms with Crippen LogP contribution in [-0.4, -0.2) is 27.1 Å². The summed E-state index contributed by atoms with van der Waals surface area (Å²) in [4.78, 5) is 24.6. The molecule has 1 aliphatic carbocycles. The Hall–Kier alpha value is -2.53. The van der Waals surface area contributed by atoms with Crippen LogP contribution in [0.25, 0.3) is 6.08 Å². The van der Waals surface area contributed by atoms with Gasteiger partial charge in [0.25, 0.3) is 0 Å². The highest BCUT2D eigenvalue weighted by atomic mass is 28.1. The molecule has 33 heavy (non-hydrogen) atoms. The highest BCUT2D eigenvalue weighted by Crippen LogP contribution is 2.49. The number of allylic oxidation sites excluding steroid dienone is 1. The van der Waals surface area contributed by atoms with Gasteiger partial charge in [0.15, 0.2) is 5.78 Å². The van der Waals surface area contributed by atoms with Crippen LogP contribution in [0.5, 0.6) is 0 Å². The number of carboxylic acids is 1. The zero-order valence-electron chi connectivity index (χ0n) is 20.5. The summed E-state index contributed by atoms with van der Waals surface area (Å²) >= 11 is 0. The lowest BCUT2D eigenvalue weighted by Crippen LogP contribution is -2.18. The lowest BCUT2D eigenvalue weighted by atomic mass is 9.82. The predicted molar refractivity (Wildman–Crippen MR) is 132 cm³/mol. The Morgan fingerprint density at radius 1 is 1.09 bits per heavy atom. The maximum absolute atomic E-state index is 15.4. The molecule has 3 rings (SSSR count). The van der Waals surface area contributed by atoms with Gasteiger partial charge in [-0.25, -0.2) is 9.18 Å². The van der Waals surface area contributed by atoms with Crippen molar-refractivity contribution in [1.82, 2.24) is 0 Å². The van der Waals surface area contributed by atoms with Crippen molar-refractivity contribution in [3.63, 3.8) is 0 Å². The normalized spacial score (nSPS) is 17.7. The van der Waals surface area contributed by atoms with Gasteiger partial charge in [0.1, 0.15) is 5.82 Å². The van der Waals surface area contributed by atoms with Crippen LogP contribution in [0.4, 0.5) is 4.39 Å². The molecule has 1 aliphatic rings. The highest BCUT2D eigenvalue weighted by Gasteiger charge is 2.41. The molecule has 1 N–H and O–H groups in total. The summed E-state index contributed by atoms with van der Waals surface area (Å²) in [6.45, 7) is 14.3. The molecule has 2 aromatic rings.